The lowest BCUT2D eigenvalue weighted by Gasteiger charge is -2.11. The molecule has 1 fully saturated rings. The second kappa shape index (κ2) is 7.29. The molecule has 1 aliphatic carbocycles. The zero-order valence-electron chi connectivity index (χ0n) is 11.7. The molecule has 2 N–H and O–H groups in total. The molecule has 0 heterocycles. The normalized spacial score (nSPS) is 15.6. The number of hydrogen-bond acceptors (Lipinski definition) is 2. The molecule has 1 aromatic carbocycles. The van der Waals surface area contributed by atoms with Crippen molar-refractivity contribution in [1.29, 1.82) is 0 Å². The van der Waals surface area contributed by atoms with Crippen molar-refractivity contribution in [3.05, 3.63) is 35.4 Å². The maximum absolute atomic E-state index is 11.7. The molecule has 1 aliphatic rings. The second-order valence-electron chi connectivity index (χ2n) is 5.45. The zero-order valence-corrected chi connectivity index (χ0v) is 11.7. The Morgan fingerprint density at radius 3 is 2.84 bits per heavy atom. The number of rotatable bonds is 6. The molecule has 1 saturated carbocycles. The molecule has 0 spiro atoms. The standard InChI is InChI=1S/C16H24N2O/c1-13-5-4-6-14(11-13)12-18-16(19)9-10-17-15-7-2-3-8-15/h4-6,11,15,17H,2-3,7-10,12H2,1H3,(H,18,19). The third-order valence-electron chi connectivity index (χ3n) is 3.71. The minimum absolute atomic E-state index is 0.131. The second-order valence-corrected chi connectivity index (χ2v) is 5.45. The fraction of sp³-hybridized carbons (Fsp3) is 0.562. The highest BCUT2D eigenvalue weighted by atomic mass is 16.1. The van der Waals surface area contributed by atoms with Crippen molar-refractivity contribution in [3.8, 4) is 0 Å². The molecule has 0 aromatic heterocycles. The zero-order chi connectivity index (χ0) is 13.5. The summed E-state index contributed by atoms with van der Waals surface area (Å²) in [5, 5.41) is 6.43. The van der Waals surface area contributed by atoms with Crippen molar-refractivity contribution in [1.82, 2.24) is 10.6 Å². The van der Waals surface area contributed by atoms with Gasteiger partial charge in [0.15, 0.2) is 0 Å². The van der Waals surface area contributed by atoms with Crippen LogP contribution in [-0.4, -0.2) is 18.5 Å². The predicted molar refractivity (Wildman–Crippen MR) is 77.9 cm³/mol. The van der Waals surface area contributed by atoms with Crippen LogP contribution in [0.2, 0.25) is 0 Å². The minimum Gasteiger partial charge on any atom is -0.352 e. The minimum atomic E-state index is 0.131. The summed E-state index contributed by atoms with van der Waals surface area (Å²) in [4.78, 5) is 11.7. The van der Waals surface area contributed by atoms with Gasteiger partial charge in [0.25, 0.3) is 0 Å². The van der Waals surface area contributed by atoms with Gasteiger partial charge < -0.3 is 10.6 Å². The van der Waals surface area contributed by atoms with E-state index in [1.54, 1.807) is 0 Å². The number of amides is 1. The third kappa shape index (κ3) is 5.03. The smallest absolute Gasteiger partial charge is 0.221 e. The third-order valence-corrected chi connectivity index (χ3v) is 3.71. The van der Waals surface area contributed by atoms with Crippen molar-refractivity contribution >= 4 is 5.91 Å². The Hall–Kier alpha value is -1.35. The van der Waals surface area contributed by atoms with Crippen LogP contribution >= 0.6 is 0 Å². The molecule has 19 heavy (non-hydrogen) atoms. The van der Waals surface area contributed by atoms with Crippen molar-refractivity contribution in [2.45, 2.75) is 51.6 Å². The highest BCUT2D eigenvalue weighted by molar-refractivity contribution is 5.76. The average molecular weight is 260 g/mol. The average Bonchev–Trinajstić information content (AvgIpc) is 2.90. The summed E-state index contributed by atoms with van der Waals surface area (Å²) in [5.74, 6) is 0.131. The summed E-state index contributed by atoms with van der Waals surface area (Å²) in [6.07, 6.45) is 5.77. The number of aryl methyl sites for hydroxylation is 1. The van der Waals surface area contributed by atoms with E-state index in [9.17, 15) is 4.79 Å². The van der Waals surface area contributed by atoms with E-state index in [1.165, 1.54) is 31.2 Å². The number of nitrogens with one attached hydrogen (secondary N) is 2. The molecule has 3 heteroatoms. The summed E-state index contributed by atoms with van der Waals surface area (Å²) < 4.78 is 0. The Kier molecular flexibility index (Phi) is 5.40. The lowest BCUT2D eigenvalue weighted by Crippen LogP contribution is -2.31. The highest BCUT2D eigenvalue weighted by Crippen LogP contribution is 2.17. The van der Waals surface area contributed by atoms with E-state index >= 15 is 0 Å². The fourth-order valence-electron chi connectivity index (χ4n) is 2.63. The number of carbonyl (C=O) groups excluding carboxylic acids is 1. The number of carbonyl (C=O) groups is 1. The first kappa shape index (κ1) is 14.1. The van der Waals surface area contributed by atoms with Gasteiger partial charge in [0.2, 0.25) is 5.91 Å². The molecule has 0 unspecified atom stereocenters. The van der Waals surface area contributed by atoms with Gasteiger partial charge in [-0.3, -0.25) is 4.79 Å². The van der Waals surface area contributed by atoms with Crippen molar-refractivity contribution in [2.75, 3.05) is 6.54 Å². The van der Waals surface area contributed by atoms with E-state index in [2.05, 4.69) is 29.7 Å². The lowest BCUT2D eigenvalue weighted by atomic mass is 10.1. The van der Waals surface area contributed by atoms with Crippen LogP contribution in [0.3, 0.4) is 0 Å². The molecule has 2 rings (SSSR count). The molecular formula is C16H24N2O. The maximum atomic E-state index is 11.7. The Balaban J connectivity index is 1.61. The van der Waals surface area contributed by atoms with Crippen LogP contribution in [-0.2, 0) is 11.3 Å². The SMILES string of the molecule is Cc1cccc(CNC(=O)CCNC2CCCC2)c1. The van der Waals surface area contributed by atoms with Gasteiger partial charge in [-0.2, -0.15) is 0 Å². The van der Waals surface area contributed by atoms with Crippen molar-refractivity contribution < 1.29 is 4.79 Å². The monoisotopic (exact) mass is 260 g/mol. The Morgan fingerprint density at radius 1 is 1.32 bits per heavy atom. The lowest BCUT2D eigenvalue weighted by molar-refractivity contribution is -0.121. The highest BCUT2D eigenvalue weighted by Gasteiger charge is 2.13. The first-order valence-electron chi connectivity index (χ1n) is 7.29. The van der Waals surface area contributed by atoms with Crippen LogP contribution in [0.15, 0.2) is 24.3 Å². The van der Waals surface area contributed by atoms with Crippen LogP contribution in [0.25, 0.3) is 0 Å². The van der Waals surface area contributed by atoms with E-state index in [4.69, 9.17) is 0 Å². The summed E-state index contributed by atoms with van der Waals surface area (Å²) in [5.41, 5.74) is 2.40. The topological polar surface area (TPSA) is 41.1 Å². The van der Waals surface area contributed by atoms with Gasteiger partial charge in [-0.05, 0) is 25.3 Å². The maximum Gasteiger partial charge on any atom is 0.221 e. The first-order valence-corrected chi connectivity index (χ1v) is 7.29. The largest absolute Gasteiger partial charge is 0.352 e. The molecule has 0 bridgehead atoms. The molecule has 0 radical (unpaired) electrons. The van der Waals surface area contributed by atoms with Gasteiger partial charge in [-0.15, -0.1) is 0 Å². The molecule has 104 valence electrons. The molecular weight excluding hydrogens is 236 g/mol. The number of hydrogen-bond donors (Lipinski definition) is 2. The van der Waals surface area contributed by atoms with E-state index in [0.717, 1.165) is 12.1 Å². The van der Waals surface area contributed by atoms with Crippen LogP contribution in [0.1, 0.15) is 43.2 Å². The summed E-state index contributed by atoms with van der Waals surface area (Å²) in [7, 11) is 0. The molecule has 0 atom stereocenters. The van der Waals surface area contributed by atoms with Gasteiger partial charge in [-0.25, -0.2) is 0 Å². The first-order chi connectivity index (χ1) is 9.24. The predicted octanol–water partition coefficient (Wildman–Crippen LogP) is 2.53. The molecule has 1 aromatic rings. The van der Waals surface area contributed by atoms with E-state index < -0.39 is 0 Å². The summed E-state index contributed by atoms with van der Waals surface area (Å²) >= 11 is 0. The van der Waals surface area contributed by atoms with Crippen molar-refractivity contribution in [2.24, 2.45) is 0 Å². The summed E-state index contributed by atoms with van der Waals surface area (Å²) in [6, 6.07) is 8.89. The fourth-order valence-corrected chi connectivity index (χ4v) is 2.63. The molecule has 0 aliphatic heterocycles. The number of benzene rings is 1. The molecule has 1 amide bonds. The van der Waals surface area contributed by atoms with Crippen LogP contribution in [0, 0.1) is 6.92 Å². The quantitative estimate of drug-likeness (QED) is 0.825. The van der Waals surface area contributed by atoms with Crippen LogP contribution < -0.4 is 10.6 Å². The van der Waals surface area contributed by atoms with Gasteiger partial charge >= 0.3 is 0 Å². The van der Waals surface area contributed by atoms with E-state index in [0.29, 0.717) is 19.0 Å². The van der Waals surface area contributed by atoms with E-state index in [-0.39, 0.29) is 5.91 Å². The van der Waals surface area contributed by atoms with Crippen LogP contribution in [0.4, 0.5) is 0 Å². The van der Waals surface area contributed by atoms with E-state index in [1.807, 2.05) is 12.1 Å². The van der Waals surface area contributed by atoms with Crippen LogP contribution in [0.5, 0.6) is 0 Å². The van der Waals surface area contributed by atoms with Gasteiger partial charge in [0, 0.05) is 25.6 Å². The Morgan fingerprint density at radius 2 is 2.11 bits per heavy atom. The van der Waals surface area contributed by atoms with Gasteiger partial charge in [0.1, 0.15) is 0 Å². The molecule has 0 saturated heterocycles. The van der Waals surface area contributed by atoms with Crippen molar-refractivity contribution in [3.63, 3.8) is 0 Å². The van der Waals surface area contributed by atoms with Gasteiger partial charge in [-0.1, -0.05) is 42.7 Å². The summed E-state index contributed by atoms with van der Waals surface area (Å²) in [6.45, 7) is 3.49. The van der Waals surface area contributed by atoms with Gasteiger partial charge in [0.05, 0.1) is 0 Å². The Bertz CT molecular complexity index is 411. The molecule has 3 nitrogen and oxygen atoms in total. The Labute approximate surface area is 115 Å².